The van der Waals surface area contributed by atoms with Crippen LogP contribution >= 0.6 is 11.3 Å². The first kappa shape index (κ1) is 16.0. The van der Waals surface area contributed by atoms with Gasteiger partial charge in [-0.1, -0.05) is 6.07 Å². The lowest BCUT2D eigenvalue weighted by atomic mass is 10.0. The first-order valence-electron chi connectivity index (χ1n) is 8.19. The summed E-state index contributed by atoms with van der Waals surface area (Å²) in [4.78, 5) is 17.7. The lowest BCUT2D eigenvalue weighted by Gasteiger charge is -2.17. The van der Waals surface area contributed by atoms with Gasteiger partial charge in [-0.15, -0.1) is 11.3 Å². The zero-order chi connectivity index (χ0) is 17.1. The van der Waals surface area contributed by atoms with Crippen molar-refractivity contribution in [1.29, 1.82) is 0 Å². The summed E-state index contributed by atoms with van der Waals surface area (Å²) >= 11 is 1.73. The van der Waals surface area contributed by atoms with Gasteiger partial charge in [0.15, 0.2) is 0 Å². The summed E-state index contributed by atoms with van der Waals surface area (Å²) in [6.45, 7) is 1.47. The van der Waals surface area contributed by atoms with E-state index in [0.717, 1.165) is 12.2 Å². The highest BCUT2D eigenvalue weighted by atomic mass is 32.1. The lowest BCUT2D eigenvalue weighted by Crippen LogP contribution is -2.32. The summed E-state index contributed by atoms with van der Waals surface area (Å²) in [6, 6.07) is 11.9. The van der Waals surface area contributed by atoms with Crippen LogP contribution < -0.4 is 16.2 Å². The SMILES string of the molecule is O=C(NCC1CNNC1c1cccs1)c1ccc(-n2ccnc2)cc1. The first-order chi connectivity index (χ1) is 12.3. The van der Waals surface area contributed by atoms with Gasteiger partial charge >= 0.3 is 0 Å². The Balaban J connectivity index is 1.37. The topological polar surface area (TPSA) is 71.0 Å². The number of benzene rings is 1. The highest BCUT2D eigenvalue weighted by Crippen LogP contribution is 2.27. The number of nitrogens with one attached hydrogen (secondary N) is 3. The molecule has 2 atom stereocenters. The molecule has 1 aromatic carbocycles. The molecule has 25 heavy (non-hydrogen) atoms. The maximum Gasteiger partial charge on any atom is 0.251 e. The van der Waals surface area contributed by atoms with E-state index in [1.807, 2.05) is 35.0 Å². The Hall–Kier alpha value is -2.48. The molecule has 2 aromatic heterocycles. The molecule has 0 bridgehead atoms. The van der Waals surface area contributed by atoms with Crippen LogP contribution in [0.1, 0.15) is 21.3 Å². The molecule has 2 unspecified atom stereocenters. The molecule has 6 nitrogen and oxygen atoms in total. The molecule has 3 aromatic rings. The van der Waals surface area contributed by atoms with Crippen LogP contribution in [0.5, 0.6) is 0 Å². The molecule has 0 spiro atoms. The second-order valence-electron chi connectivity index (χ2n) is 6.01. The smallest absolute Gasteiger partial charge is 0.251 e. The van der Waals surface area contributed by atoms with E-state index in [4.69, 9.17) is 0 Å². The maximum absolute atomic E-state index is 12.4. The summed E-state index contributed by atoms with van der Waals surface area (Å²) in [7, 11) is 0. The normalized spacial score (nSPS) is 19.8. The molecule has 0 saturated carbocycles. The highest BCUT2D eigenvalue weighted by Gasteiger charge is 2.29. The Morgan fingerprint density at radius 1 is 1.32 bits per heavy atom. The fraction of sp³-hybridized carbons (Fsp3) is 0.222. The van der Waals surface area contributed by atoms with Crippen LogP contribution in [0, 0.1) is 5.92 Å². The second-order valence-corrected chi connectivity index (χ2v) is 6.98. The van der Waals surface area contributed by atoms with E-state index < -0.39 is 0 Å². The molecule has 0 radical (unpaired) electrons. The first-order valence-corrected chi connectivity index (χ1v) is 9.07. The van der Waals surface area contributed by atoms with Crippen molar-refractivity contribution in [2.45, 2.75) is 6.04 Å². The second kappa shape index (κ2) is 7.18. The van der Waals surface area contributed by atoms with Crippen molar-refractivity contribution in [3.05, 3.63) is 70.9 Å². The van der Waals surface area contributed by atoms with Crippen LogP contribution in [0.15, 0.2) is 60.5 Å². The Morgan fingerprint density at radius 3 is 2.92 bits per heavy atom. The van der Waals surface area contributed by atoms with Crippen molar-refractivity contribution in [1.82, 2.24) is 25.7 Å². The van der Waals surface area contributed by atoms with E-state index in [1.165, 1.54) is 4.88 Å². The van der Waals surface area contributed by atoms with Gasteiger partial charge in [-0.05, 0) is 35.7 Å². The molecule has 1 amide bonds. The van der Waals surface area contributed by atoms with Crippen molar-refractivity contribution >= 4 is 17.2 Å². The Kier molecular flexibility index (Phi) is 4.60. The molecule has 3 heterocycles. The summed E-state index contributed by atoms with van der Waals surface area (Å²) in [5, 5.41) is 5.13. The molecule has 1 aliphatic rings. The van der Waals surface area contributed by atoms with E-state index in [0.29, 0.717) is 18.0 Å². The van der Waals surface area contributed by atoms with Gasteiger partial charge in [0.25, 0.3) is 5.91 Å². The van der Waals surface area contributed by atoms with Crippen molar-refractivity contribution in [3.63, 3.8) is 0 Å². The quantitative estimate of drug-likeness (QED) is 0.657. The molecule has 3 N–H and O–H groups in total. The molecule has 1 fully saturated rings. The third-order valence-electron chi connectivity index (χ3n) is 4.40. The minimum Gasteiger partial charge on any atom is -0.352 e. The van der Waals surface area contributed by atoms with Crippen LogP contribution in [0.4, 0.5) is 0 Å². The number of carbonyl (C=O) groups is 1. The summed E-state index contributed by atoms with van der Waals surface area (Å²) in [5.41, 5.74) is 8.13. The number of nitrogens with zero attached hydrogens (tertiary/aromatic N) is 2. The minimum absolute atomic E-state index is 0.0472. The number of hydrazine groups is 1. The van der Waals surface area contributed by atoms with Gasteiger partial charge in [-0.2, -0.15) is 0 Å². The number of carbonyl (C=O) groups excluding carboxylic acids is 1. The average molecular weight is 353 g/mol. The van der Waals surface area contributed by atoms with Crippen LogP contribution in [0.3, 0.4) is 0 Å². The molecule has 7 heteroatoms. The van der Waals surface area contributed by atoms with Gasteiger partial charge in [-0.25, -0.2) is 10.4 Å². The van der Waals surface area contributed by atoms with Crippen molar-refractivity contribution < 1.29 is 4.79 Å². The fourth-order valence-electron chi connectivity index (χ4n) is 3.02. The number of amides is 1. The molecular weight excluding hydrogens is 334 g/mol. The van der Waals surface area contributed by atoms with E-state index in [9.17, 15) is 4.79 Å². The van der Waals surface area contributed by atoms with Crippen molar-refractivity contribution in [2.24, 2.45) is 5.92 Å². The average Bonchev–Trinajstić information content (AvgIpc) is 3.41. The van der Waals surface area contributed by atoms with Crippen molar-refractivity contribution in [2.75, 3.05) is 13.1 Å². The van der Waals surface area contributed by atoms with E-state index in [1.54, 1.807) is 23.9 Å². The molecule has 0 aliphatic carbocycles. The standard InChI is InChI=1S/C18H19N5OS/c24-18(13-3-5-15(6-4-13)23-8-7-19-12-23)20-10-14-11-21-22-17(14)16-2-1-9-25-16/h1-9,12,14,17,21-22H,10-11H2,(H,20,24). The number of imidazole rings is 1. The van der Waals surface area contributed by atoms with Gasteiger partial charge in [0, 0.05) is 47.5 Å². The molecule has 1 saturated heterocycles. The predicted molar refractivity (Wildman–Crippen MR) is 97.6 cm³/mol. The fourth-order valence-corrected chi connectivity index (χ4v) is 3.89. The van der Waals surface area contributed by atoms with Gasteiger partial charge in [0.2, 0.25) is 0 Å². The predicted octanol–water partition coefficient (Wildman–Crippen LogP) is 2.13. The van der Waals surface area contributed by atoms with Gasteiger partial charge in [0.1, 0.15) is 0 Å². The molecule has 128 valence electrons. The zero-order valence-electron chi connectivity index (χ0n) is 13.6. The Morgan fingerprint density at radius 2 is 2.20 bits per heavy atom. The largest absolute Gasteiger partial charge is 0.352 e. The van der Waals surface area contributed by atoms with E-state index in [2.05, 4.69) is 38.7 Å². The Bertz CT molecular complexity index is 814. The van der Waals surface area contributed by atoms with Gasteiger partial charge in [-0.3, -0.25) is 10.2 Å². The number of thiophene rings is 1. The van der Waals surface area contributed by atoms with Gasteiger partial charge < -0.3 is 9.88 Å². The van der Waals surface area contributed by atoms with Crippen LogP contribution in [0.2, 0.25) is 0 Å². The lowest BCUT2D eigenvalue weighted by molar-refractivity contribution is 0.0947. The third kappa shape index (κ3) is 3.48. The summed E-state index contributed by atoms with van der Waals surface area (Å²) in [5.74, 6) is 0.279. The van der Waals surface area contributed by atoms with Crippen LogP contribution in [-0.4, -0.2) is 28.5 Å². The number of hydrogen-bond acceptors (Lipinski definition) is 5. The van der Waals surface area contributed by atoms with Gasteiger partial charge in [0.05, 0.1) is 12.4 Å². The zero-order valence-corrected chi connectivity index (χ0v) is 14.4. The number of aromatic nitrogens is 2. The Labute approximate surface area is 149 Å². The molecule has 1 aliphatic heterocycles. The van der Waals surface area contributed by atoms with E-state index in [-0.39, 0.29) is 11.9 Å². The molecule has 4 rings (SSSR count). The monoisotopic (exact) mass is 353 g/mol. The van der Waals surface area contributed by atoms with Crippen LogP contribution in [0.25, 0.3) is 5.69 Å². The van der Waals surface area contributed by atoms with Crippen LogP contribution in [-0.2, 0) is 0 Å². The number of rotatable bonds is 5. The summed E-state index contributed by atoms with van der Waals surface area (Å²) < 4.78 is 1.91. The van der Waals surface area contributed by atoms with Crippen molar-refractivity contribution in [3.8, 4) is 5.69 Å². The van der Waals surface area contributed by atoms with E-state index >= 15 is 0 Å². The minimum atomic E-state index is -0.0472. The molecular formula is C18H19N5OS. The third-order valence-corrected chi connectivity index (χ3v) is 5.36. The maximum atomic E-state index is 12.4. The number of hydrogen-bond donors (Lipinski definition) is 3. The summed E-state index contributed by atoms with van der Waals surface area (Å²) in [6.07, 6.45) is 5.34. The highest BCUT2D eigenvalue weighted by molar-refractivity contribution is 7.10.